The van der Waals surface area contributed by atoms with Crippen molar-refractivity contribution in [1.82, 2.24) is 29.9 Å². The summed E-state index contributed by atoms with van der Waals surface area (Å²) in [6.07, 6.45) is 11.1. The monoisotopic (exact) mass is 824 g/mol. The summed E-state index contributed by atoms with van der Waals surface area (Å²) in [5.74, 6) is -3.13. The van der Waals surface area contributed by atoms with Crippen molar-refractivity contribution in [2.75, 3.05) is 0 Å². The molecule has 0 radical (unpaired) electrons. The number of nitrogens with one attached hydrogen (secondary N) is 2. The second-order valence-electron chi connectivity index (χ2n) is 14.8. The van der Waals surface area contributed by atoms with Gasteiger partial charge in [-0.1, -0.05) is 42.5 Å². The minimum absolute atomic E-state index is 0.133. The Morgan fingerprint density at radius 1 is 0.381 bits per heavy atom. The van der Waals surface area contributed by atoms with Gasteiger partial charge in [0, 0.05) is 56.7 Å². The van der Waals surface area contributed by atoms with Crippen LogP contribution in [-0.2, 0) is 0 Å². The van der Waals surface area contributed by atoms with Crippen molar-refractivity contribution in [3.05, 3.63) is 179 Å². The standard InChI is InChI=1S/C51H32N6O6/c58-49(59)31-10-4-28(5-11-31)45-36-16-18-38(54-36)46(29-6-12-32(13-7-29)50(60)61)40-20-22-42(56-40)48(34-24-26-53-44(27-34)35-3-1-2-25-52-35)43-23-21-41(57-43)47(39-19-17-37(45)55-39)30-8-14-33(15-9-30)51(62)63/h1-27,54,57H,(H,58,59)(H,60,61)(H,62,63). The summed E-state index contributed by atoms with van der Waals surface area (Å²) >= 11 is 0. The molecule has 0 amide bonds. The predicted molar refractivity (Wildman–Crippen MR) is 243 cm³/mol. The second kappa shape index (κ2) is 15.5. The summed E-state index contributed by atoms with van der Waals surface area (Å²) in [4.78, 5) is 62.7. The fourth-order valence-electron chi connectivity index (χ4n) is 8.00. The van der Waals surface area contributed by atoms with E-state index in [4.69, 9.17) is 9.97 Å². The fraction of sp³-hybridized carbons (Fsp3) is 0. The maximum atomic E-state index is 11.9. The van der Waals surface area contributed by atoms with E-state index in [2.05, 4.69) is 19.9 Å². The zero-order valence-electron chi connectivity index (χ0n) is 32.9. The van der Waals surface area contributed by atoms with E-state index < -0.39 is 17.9 Å². The lowest BCUT2D eigenvalue weighted by molar-refractivity contribution is 0.0686. The molecule has 5 aromatic heterocycles. The number of benzene rings is 3. The number of pyridine rings is 2. The van der Waals surface area contributed by atoms with Crippen molar-refractivity contribution in [1.29, 1.82) is 0 Å². The molecule has 12 heteroatoms. The molecule has 8 aromatic rings. The third kappa shape index (κ3) is 7.13. The van der Waals surface area contributed by atoms with Crippen LogP contribution in [-0.4, -0.2) is 63.1 Å². The number of fused-ring (bicyclic) bond motifs is 8. The van der Waals surface area contributed by atoms with Crippen LogP contribution in [0.4, 0.5) is 0 Å². The molecular formula is C51H32N6O6. The van der Waals surface area contributed by atoms with Crippen molar-refractivity contribution >= 4 is 64.3 Å². The second-order valence-corrected chi connectivity index (χ2v) is 14.8. The summed E-state index contributed by atoms with van der Waals surface area (Å²) in [7, 11) is 0. The minimum atomic E-state index is -1.05. The third-order valence-electron chi connectivity index (χ3n) is 11.0. The van der Waals surface area contributed by atoms with Crippen LogP contribution in [0, 0.1) is 0 Å². The van der Waals surface area contributed by atoms with Gasteiger partial charge in [0.1, 0.15) is 0 Å². The number of carboxylic acids is 3. The molecule has 7 heterocycles. The van der Waals surface area contributed by atoms with Crippen molar-refractivity contribution < 1.29 is 29.7 Å². The number of carboxylic acid groups (broad SMARTS) is 3. The van der Waals surface area contributed by atoms with Gasteiger partial charge in [-0.05, 0) is 131 Å². The third-order valence-corrected chi connectivity index (χ3v) is 11.0. The van der Waals surface area contributed by atoms with Crippen molar-refractivity contribution in [3.63, 3.8) is 0 Å². The molecule has 12 nitrogen and oxygen atoms in total. The van der Waals surface area contributed by atoms with Crippen molar-refractivity contribution in [2.24, 2.45) is 0 Å². The quantitative estimate of drug-likeness (QED) is 0.0983. The highest BCUT2D eigenvalue weighted by molar-refractivity contribution is 6.01. The van der Waals surface area contributed by atoms with Gasteiger partial charge in [0.05, 0.1) is 50.9 Å². The summed E-state index contributed by atoms with van der Waals surface area (Å²) in [5.41, 5.74) is 12.9. The molecule has 63 heavy (non-hydrogen) atoms. The van der Waals surface area contributed by atoms with Crippen LogP contribution in [0.25, 0.3) is 102 Å². The van der Waals surface area contributed by atoms with Gasteiger partial charge in [0.15, 0.2) is 0 Å². The Kier molecular flexibility index (Phi) is 9.42. The van der Waals surface area contributed by atoms with E-state index in [1.54, 1.807) is 85.2 Å². The first-order chi connectivity index (χ1) is 30.7. The molecular weight excluding hydrogens is 793 g/mol. The molecule has 0 fully saturated rings. The van der Waals surface area contributed by atoms with E-state index >= 15 is 0 Å². The molecule has 0 aliphatic carbocycles. The van der Waals surface area contributed by atoms with Gasteiger partial charge in [-0.15, -0.1) is 0 Å². The number of rotatable bonds is 8. The first kappa shape index (κ1) is 38.2. The van der Waals surface area contributed by atoms with Gasteiger partial charge in [-0.2, -0.15) is 0 Å². The van der Waals surface area contributed by atoms with Crippen LogP contribution >= 0.6 is 0 Å². The molecule has 2 aliphatic rings. The predicted octanol–water partition coefficient (Wildman–Crippen LogP) is 10.9. The number of hydrogen-bond acceptors (Lipinski definition) is 7. The first-order valence-corrected chi connectivity index (χ1v) is 19.7. The van der Waals surface area contributed by atoms with Crippen LogP contribution < -0.4 is 0 Å². The van der Waals surface area contributed by atoms with Gasteiger partial charge < -0.3 is 25.3 Å². The highest BCUT2D eigenvalue weighted by Gasteiger charge is 2.20. The van der Waals surface area contributed by atoms with E-state index in [-0.39, 0.29) is 16.7 Å². The zero-order valence-corrected chi connectivity index (χ0v) is 32.9. The number of aromatic amines is 2. The maximum absolute atomic E-state index is 11.9. The Morgan fingerprint density at radius 3 is 1.10 bits per heavy atom. The highest BCUT2D eigenvalue weighted by Crippen LogP contribution is 2.39. The normalized spacial score (nSPS) is 11.7. The first-order valence-electron chi connectivity index (χ1n) is 19.7. The molecule has 0 saturated carbocycles. The van der Waals surface area contributed by atoms with Gasteiger partial charge in [0.2, 0.25) is 0 Å². The Bertz CT molecular complexity index is 3350. The molecule has 10 rings (SSSR count). The lowest BCUT2D eigenvalue weighted by Gasteiger charge is -2.08. The van der Waals surface area contributed by atoms with Crippen molar-refractivity contribution in [2.45, 2.75) is 0 Å². The van der Waals surface area contributed by atoms with E-state index in [0.29, 0.717) is 73.0 Å². The SMILES string of the molecule is O=C(O)c1ccc(-c2c3nc(c(-c4ccc(C(=O)O)cc4)c4ccc([nH]4)c(-c4ccnc(-c5ccccn5)c4)c4nc(c(-c5ccc(C(=O)O)cc5)c5ccc2[nH]5)C=C4)C=C3)cc1. The Balaban J connectivity index is 1.34. The van der Waals surface area contributed by atoms with E-state index in [0.717, 1.165) is 27.8 Å². The molecule has 0 atom stereocenters. The van der Waals surface area contributed by atoms with Crippen LogP contribution in [0.1, 0.15) is 53.8 Å². The van der Waals surface area contributed by atoms with Gasteiger partial charge in [0.25, 0.3) is 0 Å². The van der Waals surface area contributed by atoms with Crippen molar-refractivity contribution in [3.8, 4) is 55.9 Å². The summed E-state index contributed by atoms with van der Waals surface area (Å²) < 4.78 is 0. The van der Waals surface area contributed by atoms with E-state index in [9.17, 15) is 29.7 Å². The van der Waals surface area contributed by atoms with E-state index in [1.165, 1.54) is 0 Å². The fourth-order valence-corrected chi connectivity index (χ4v) is 8.00. The smallest absolute Gasteiger partial charge is 0.335 e. The van der Waals surface area contributed by atoms with Crippen LogP contribution in [0.3, 0.4) is 0 Å². The molecule has 0 saturated heterocycles. The molecule has 302 valence electrons. The van der Waals surface area contributed by atoms with Crippen LogP contribution in [0.2, 0.25) is 0 Å². The summed E-state index contributed by atoms with van der Waals surface area (Å²) in [6, 6.07) is 37.2. The number of aromatic nitrogens is 6. The van der Waals surface area contributed by atoms with Crippen LogP contribution in [0.5, 0.6) is 0 Å². The zero-order chi connectivity index (χ0) is 43.2. The lowest BCUT2D eigenvalue weighted by Crippen LogP contribution is -1.96. The average molecular weight is 825 g/mol. The van der Waals surface area contributed by atoms with Gasteiger partial charge >= 0.3 is 17.9 Å². The van der Waals surface area contributed by atoms with Gasteiger partial charge in [-0.3, -0.25) is 9.97 Å². The number of H-pyrrole nitrogens is 2. The maximum Gasteiger partial charge on any atom is 0.335 e. The number of nitrogens with zero attached hydrogens (tertiary/aromatic N) is 4. The molecule has 0 spiro atoms. The number of hydrogen-bond donors (Lipinski definition) is 5. The van der Waals surface area contributed by atoms with Crippen LogP contribution in [0.15, 0.2) is 140 Å². The lowest BCUT2D eigenvalue weighted by atomic mass is 10.0. The molecule has 8 bridgehead atoms. The molecule has 2 aliphatic heterocycles. The van der Waals surface area contributed by atoms with Gasteiger partial charge in [-0.25, -0.2) is 24.4 Å². The van der Waals surface area contributed by atoms with E-state index in [1.807, 2.05) is 78.9 Å². The Hall–Kier alpha value is -9.03. The number of aromatic carboxylic acids is 3. The Morgan fingerprint density at radius 2 is 0.746 bits per heavy atom. The molecule has 3 aromatic carbocycles. The number of carbonyl (C=O) groups is 3. The average Bonchev–Trinajstić information content (AvgIpc) is 4.16. The highest BCUT2D eigenvalue weighted by atomic mass is 16.4. The summed E-state index contributed by atoms with van der Waals surface area (Å²) in [6.45, 7) is 0. The molecule has 0 unspecified atom stereocenters. The Labute approximate surface area is 357 Å². The topological polar surface area (TPSA) is 195 Å². The molecule has 5 N–H and O–H groups in total. The summed E-state index contributed by atoms with van der Waals surface area (Å²) in [5, 5.41) is 29.2. The largest absolute Gasteiger partial charge is 0.478 e. The minimum Gasteiger partial charge on any atom is -0.478 e.